The Balaban J connectivity index is 1.61. The fourth-order valence-electron chi connectivity index (χ4n) is 4.53. The third-order valence-electron chi connectivity index (χ3n) is 6.01. The maximum absolute atomic E-state index is 10.7. The van der Waals surface area contributed by atoms with Gasteiger partial charge in [-0.05, 0) is 56.4 Å². The minimum Gasteiger partial charge on any atom is -0.481 e. The van der Waals surface area contributed by atoms with Crippen molar-refractivity contribution in [2.75, 3.05) is 0 Å². The molecule has 2 aliphatic rings. The summed E-state index contributed by atoms with van der Waals surface area (Å²) in [5, 5.41) is 29.9. The van der Waals surface area contributed by atoms with Crippen LogP contribution in [0.3, 0.4) is 0 Å². The van der Waals surface area contributed by atoms with E-state index in [0.29, 0.717) is 24.7 Å². The fraction of sp³-hybridized carbons (Fsp3) is 0.542. The monoisotopic (exact) mass is 382 g/mol. The molecule has 2 fully saturated rings. The van der Waals surface area contributed by atoms with Crippen LogP contribution in [0.1, 0.15) is 51.0 Å². The van der Waals surface area contributed by atoms with Crippen LogP contribution in [0.25, 0.3) is 0 Å². The molecule has 0 heterocycles. The van der Waals surface area contributed by atoms with Gasteiger partial charge in [-0.3, -0.25) is 4.79 Å². The molecule has 4 nitrogen and oxygen atoms in total. The van der Waals surface area contributed by atoms with Crippen molar-refractivity contribution in [3.8, 4) is 11.8 Å². The number of allylic oxidation sites excluding steroid dienone is 2. The van der Waals surface area contributed by atoms with E-state index in [1.165, 1.54) is 5.57 Å². The lowest BCUT2D eigenvalue weighted by Gasteiger charge is -2.48. The van der Waals surface area contributed by atoms with E-state index in [4.69, 9.17) is 5.11 Å². The number of carboxylic acid groups (broad SMARTS) is 1. The van der Waals surface area contributed by atoms with E-state index in [2.05, 4.69) is 17.9 Å². The van der Waals surface area contributed by atoms with Gasteiger partial charge in [0.25, 0.3) is 0 Å². The van der Waals surface area contributed by atoms with Crippen LogP contribution in [0.15, 0.2) is 42.0 Å². The minimum absolute atomic E-state index is 0.0998. The molecule has 0 radical (unpaired) electrons. The number of fused-ring (bicyclic) bond motifs is 1. The third kappa shape index (κ3) is 5.25. The average molecular weight is 383 g/mol. The molecule has 1 aromatic rings. The van der Waals surface area contributed by atoms with E-state index < -0.39 is 17.7 Å². The highest BCUT2D eigenvalue weighted by molar-refractivity contribution is 5.66. The summed E-state index contributed by atoms with van der Waals surface area (Å²) in [4.78, 5) is 10.6. The molecule has 3 N–H and O–H groups in total. The number of unbranched alkanes of at least 4 members (excludes halogenated alkanes) is 1. The molecule has 5 atom stereocenters. The summed E-state index contributed by atoms with van der Waals surface area (Å²) in [6.45, 7) is 1.73. The smallest absolute Gasteiger partial charge is 0.303 e. The number of rotatable bonds is 6. The van der Waals surface area contributed by atoms with Crippen molar-refractivity contribution in [1.82, 2.24) is 0 Å². The van der Waals surface area contributed by atoms with E-state index in [1.807, 2.05) is 30.3 Å². The number of hydrogen-bond acceptors (Lipinski definition) is 3. The zero-order valence-electron chi connectivity index (χ0n) is 16.5. The van der Waals surface area contributed by atoms with Gasteiger partial charge < -0.3 is 15.3 Å². The van der Waals surface area contributed by atoms with E-state index in [0.717, 1.165) is 31.2 Å². The third-order valence-corrected chi connectivity index (χ3v) is 6.01. The Morgan fingerprint density at radius 3 is 2.75 bits per heavy atom. The zero-order valence-corrected chi connectivity index (χ0v) is 16.5. The Morgan fingerprint density at radius 1 is 1.29 bits per heavy atom. The van der Waals surface area contributed by atoms with Crippen LogP contribution in [0.5, 0.6) is 0 Å². The number of hydrogen-bond donors (Lipinski definition) is 3. The Kier molecular flexibility index (Phi) is 6.59. The molecule has 4 heteroatoms. The van der Waals surface area contributed by atoms with Crippen LogP contribution >= 0.6 is 0 Å². The van der Waals surface area contributed by atoms with Crippen LogP contribution in [-0.4, -0.2) is 33.0 Å². The summed E-state index contributed by atoms with van der Waals surface area (Å²) in [6, 6.07) is 9.82. The first kappa shape index (κ1) is 20.6. The highest BCUT2D eigenvalue weighted by atomic mass is 16.4. The van der Waals surface area contributed by atoms with Crippen LogP contribution in [0.2, 0.25) is 0 Å². The average Bonchev–Trinajstić information content (AvgIpc) is 2.62. The van der Waals surface area contributed by atoms with Gasteiger partial charge in [-0.25, -0.2) is 0 Å². The summed E-state index contributed by atoms with van der Waals surface area (Å²) in [7, 11) is 0. The predicted molar refractivity (Wildman–Crippen MR) is 108 cm³/mol. The van der Waals surface area contributed by atoms with Crippen LogP contribution < -0.4 is 0 Å². The minimum atomic E-state index is -1.12. The van der Waals surface area contributed by atoms with Crippen molar-refractivity contribution in [1.29, 1.82) is 0 Å². The number of aliphatic hydroxyl groups is 2. The summed E-state index contributed by atoms with van der Waals surface area (Å²) < 4.78 is 0. The van der Waals surface area contributed by atoms with Crippen LogP contribution in [0, 0.1) is 29.6 Å². The molecule has 1 unspecified atom stereocenters. The molecule has 0 bridgehead atoms. The maximum atomic E-state index is 10.7. The number of aliphatic carboxylic acids is 1. The number of carbonyl (C=O) groups is 1. The van der Waals surface area contributed by atoms with Crippen molar-refractivity contribution in [3.05, 3.63) is 47.5 Å². The zero-order chi connectivity index (χ0) is 20.1. The van der Waals surface area contributed by atoms with Gasteiger partial charge in [0.15, 0.2) is 0 Å². The molecular formula is C24H30O4. The molecule has 1 aromatic carbocycles. The second-order valence-electron chi connectivity index (χ2n) is 8.42. The quantitative estimate of drug-likeness (QED) is 0.399. The Morgan fingerprint density at radius 2 is 2.04 bits per heavy atom. The SMILES string of the molecule is CC(O)(C#C[C@H]1[C@@H]2CC(=CCCCC(=O)O)[C@@H]2CC[C@@H]1O)Cc1ccccc1. The molecule has 150 valence electrons. The normalized spacial score (nSPS) is 29.8. The van der Waals surface area contributed by atoms with Gasteiger partial charge >= 0.3 is 5.97 Å². The van der Waals surface area contributed by atoms with E-state index in [1.54, 1.807) is 6.92 Å². The van der Waals surface area contributed by atoms with Gasteiger partial charge in [0, 0.05) is 12.8 Å². The summed E-state index contributed by atoms with van der Waals surface area (Å²) >= 11 is 0. The molecular weight excluding hydrogens is 352 g/mol. The molecule has 0 amide bonds. The van der Waals surface area contributed by atoms with Crippen molar-refractivity contribution < 1.29 is 20.1 Å². The van der Waals surface area contributed by atoms with Crippen molar-refractivity contribution in [2.45, 2.75) is 63.6 Å². The van der Waals surface area contributed by atoms with E-state index in [9.17, 15) is 15.0 Å². The lowest BCUT2D eigenvalue weighted by Crippen LogP contribution is -2.44. The molecule has 0 saturated heterocycles. The lowest BCUT2D eigenvalue weighted by molar-refractivity contribution is -0.137. The molecule has 0 spiro atoms. The van der Waals surface area contributed by atoms with Gasteiger partial charge in [-0.2, -0.15) is 0 Å². The van der Waals surface area contributed by atoms with Gasteiger partial charge in [0.1, 0.15) is 5.60 Å². The molecule has 0 aliphatic heterocycles. The Labute approximate surface area is 167 Å². The van der Waals surface area contributed by atoms with Crippen molar-refractivity contribution in [2.24, 2.45) is 17.8 Å². The van der Waals surface area contributed by atoms with Gasteiger partial charge in [-0.1, -0.05) is 53.8 Å². The van der Waals surface area contributed by atoms with Crippen LogP contribution in [0.4, 0.5) is 0 Å². The van der Waals surface area contributed by atoms with Crippen molar-refractivity contribution in [3.63, 3.8) is 0 Å². The van der Waals surface area contributed by atoms with E-state index in [-0.39, 0.29) is 12.3 Å². The molecule has 2 saturated carbocycles. The highest BCUT2D eigenvalue weighted by Crippen LogP contribution is 2.51. The number of carboxylic acids is 1. The summed E-state index contributed by atoms with van der Waals surface area (Å²) in [5.74, 6) is 6.19. The first-order chi connectivity index (χ1) is 13.4. The van der Waals surface area contributed by atoms with Gasteiger partial charge in [0.2, 0.25) is 0 Å². The number of benzene rings is 1. The fourth-order valence-corrected chi connectivity index (χ4v) is 4.53. The molecule has 28 heavy (non-hydrogen) atoms. The largest absolute Gasteiger partial charge is 0.481 e. The number of aliphatic hydroxyl groups excluding tert-OH is 1. The van der Waals surface area contributed by atoms with Crippen LogP contribution in [-0.2, 0) is 11.2 Å². The lowest BCUT2D eigenvalue weighted by atomic mass is 9.57. The molecule has 0 aromatic heterocycles. The second kappa shape index (κ2) is 8.94. The molecule has 2 aliphatic carbocycles. The standard InChI is InChI=1S/C24H30O4/c1-24(28,16-17-7-3-2-4-8-17)14-13-20-21-15-18(9-5-6-10-23(26)27)19(21)11-12-22(20)25/h2-4,7-9,19-22,25,28H,5-6,10-12,15-16H2,1H3,(H,26,27)/t19-,20-,21+,22-,24?/m0/s1. The van der Waals surface area contributed by atoms with Gasteiger partial charge in [0.05, 0.1) is 12.0 Å². The molecule has 3 rings (SSSR count). The highest BCUT2D eigenvalue weighted by Gasteiger charge is 2.46. The second-order valence-corrected chi connectivity index (χ2v) is 8.42. The summed E-state index contributed by atoms with van der Waals surface area (Å²) in [5.41, 5.74) is 1.32. The first-order valence-electron chi connectivity index (χ1n) is 10.2. The summed E-state index contributed by atoms with van der Waals surface area (Å²) in [6.07, 6.45) is 6.53. The Bertz CT molecular complexity index is 769. The Hall–Kier alpha value is -2.09. The van der Waals surface area contributed by atoms with E-state index >= 15 is 0 Å². The van der Waals surface area contributed by atoms with Gasteiger partial charge in [-0.15, -0.1) is 0 Å². The first-order valence-corrected chi connectivity index (χ1v) is 10.2. The van der Waals surface area contributed by atoms with Crippen molar-refractivity contribution >= 4 is 5.97 Å². The predicted octanol–water partition coefficient (Wildman–Crippen LogP) is 3.57. The maximum Gasteiger partial charge on any atom is 0.303 e. The topological polar surface area (TPSA) is 77.8 Å².